The zero-order chi connectivity index (χ0) is 17.3. The van der Waals surface area contributed by atoms with Crippen LogP contribution in [0.25, 0.3) is 0 Å². The molecule has 6 nitrogen and oxygen atoms in total. The van der Waals surface area contributed by atoms with Gasteiger partial charge in [-0.15, -0.1) is 0 Å². The summed E-state index contributed by atoms with van der Waals surface area (Å²) in [6.07, 6.45) is 8.21. The predicted molar refractivity (Wildman–Crippen MR) is 102 cm³/mol. The van der Waals surface area contributed by atoms with Crippen molar-refractivity contribution in [2.45, 2.75) is 38.1 Å². The third kappa shape index (κ3) is 5.47. The van der Waals surface area contributed by atoms with Crippen molar-refractivity contribution in [3.63, 3.8) is 0 Å². The Morgan fingerprint density at radius 2 is 1.92 bits per heavy atom. The molecule has 3 rings (SSSR count). The van der Waals surface area contributed by atoms with Gasteiger partial charge in [-0.3, -0.25) is 9.89 Å². The highest BCUT2D eigenvalue weighted by molar-refractivity contribution is 5.79. The van der Waals surface area contributed by atoms with Gasteiger partial charge in [-0.25, -0.2) is 0 Å². The van der Waals surface area contributed by atoms with Crippen molar-refractivity contribution >= 4 is 5.96 Å². The molecule has 0 spiro atoms. The zero-order valence-corrected chi connectivity index (χ0v) is 15.5. The highest BCUT2D eigenvalue weighted by Crippen LogP contribution is 2.24. The van der Waals surface area contributed by atoms with Gasteiger partial charge in [0.2, 0.25) is 0 Å². The highest BCUT2D eigenvalue weighted by Gasteiger charge is 2.25. The van der Waals surface area contributed by atoms with E-state index in [2.05, 4.69) is 31.5 Å². The summed E-state index contributed by atoms with van der Waals surface area (Å²) >= 11 is 0. The summed E-state index contributed by atoms with van der Waals surface area (Å²) in [5.74, 6) is 1.93. The number of aliphatic imine (C=N–C) groups is 1. The number of guanidine groups is 1. The van der Waals surface area contributed by atoms with Gasteiger partial charge in [0.25, 0.3) is 0 Å². The van der Waals surface area contributed by atoms with Gasteiger partial charge in [0.1, 0.15) is 5.76 Å². The Bertz CT molecular complexity index is 504. The minimum Gasteiger partial charge on any atom is -0.468 e. The lowest BCUT2D eigenvalue weighted by Gasteiger charge is -2.26. The molecule has 0 aliphatic carbocycles. The molecule has 1 atom stereocenters. The largest absolute Gasteiger partial charge is 0.468 e. The molecule has 2 fully saturated rings. The van der Waals surface area contributed by atoms with E-state index in [1.165, 1.54) is 45.3 Å². The molecule has 3 heterocycles. The minimum absolute atomic E-state index is 0.278. The van der Waals surface area contributed by atoms with E-state index < -0.39 is 0 Å². The molecular weight excluding hydrogens is 314 g/mol. The molecule has 0 aromatic carbocycles. The Morgan fingerprint density at radius 1 is 1.16 bits per heavy atom. The SMILES string of the molecule is CN=C(NCCCN1CCCC1)NCC(c1ccco1)N1CCCC1. The summed E-state index contributed by atoms with van der Waals surface area (Å²) in [4.78, 5) is 9.43. The van der Waals surface area contributed by atoms with E-state index in [0.29, 0.717) is 0 Å². The standard InChI is InChI=1S/C19H33N5O/c1-20-19(21-9-7-12-23-10-2-3-11-23)22-16-17(18-8-6-15-25-18)24-13-4-5-14-24/h6,8,15,17H,2-5,7,9-14,16H2,1H3,(H2,20,21,22). The molecule has 25 heavy (non-hydrogen) atoms. The smallest absolute Gasteiger partial charge is 0.191 e. The van der Waals surface area contributed by atoms with Crippen molar-refractivity contribution in [3.8, 4) is 0 Å². The Hall–Kier alpha value is -1.53. The molecular formula is C19H33N5O. The number of hydrogen-bond donors (Lipinski definition) is 2. The number of likely N-dealkylation sites (tertiary alicyclic amines) is 2. The summed E-state index contributed by atoms with van der Waals surface area (Å²) < 4.78 is 5.68. The predicted octanol–water partition coefficient (Wildman–Crippen LogP) is 2.07. The number of furan rings is 1. The van der Waals surface area contributed by atoms with Crippen LogP contribution in [0.15, 0.2) is 27.8 Å². The van der Waals surface area contributed by atoms with Gasteiger partial charge in [-0.2, -0.15) is 0 Å². The molecule has 2 aliphatic heterocycles. The van der Waals surface area contributed by atoms with Crippen LogP contribution in [0, 0.1) is 0 Å². The van der Waals surface area contributed by atoms with Gasteiger partial charge < -0.3 is 20.0 Å². The van der Waals surface area contributed by atoms with Gasteiger partial charge in [-0.05, 0) is 77.0 Å². The number of nitrogens with zero attached hydrogens (tertiary/aromatic N) is 3. The second-order valence-electron chi connectivity index (χ2n) is 7.06. The van der Waals surface area contributed by atoms with E-state index in [-0.39, 0.29) is 6.04 Å². The van der Waals surface area contributed by atoms with E-state index in [9.17, 15) is 0 Å². The van der Waals surface area contributed by atoms with E-state index >= 15 is 0 Å². The molecule has 6 heteroatoms. The maximum Gasteiger partial charge on any atom is 0.191 e. The van der Waals surface area contributed by atoms with Gasteiger partial charge in [0, 0.05) is 20.1 Å². The topological polar surface area (TPSA) is 56.0 Å². The van der Waals surface area contributed by atoms with Crippen molar-refractivity contribution in [1.82, 2.24) is 20.4 Å². The fraction of sp³-hybridized carbons (Fsp3) is 0.737. The van der Waals surface area contributed by atoms with Crippen LogP contribution in [0.1, 0.15) is 43.9 Å². The Morgan fingerprint density at radius 3 is 2.60 bits per heavy atom. The number of nitrogens with one attached hydrogen (secondary N) is 2. The molecule has 2 saturated heterocycles. The van der Waals surface area contributed by atoms with Crippen LogP contribution in [0.3, 0.4) is 0 Å². The van der Waals surface area contributed by atoms with Gasteiger partial charge in [0.05, 0.1) is 12.3 Å². The molecule has 2 N–H and O–H groups in total. The van der Waals surface area contributed by atoms with E-state index in [1.807, 2.05) is 13.1 Å². The van der Waals surface area contributed by atoms with Crippen LogP contribution in [0.4, 0.5) is 0 Å². The first-order chi connectivity index (χ1) is 12.4. The molecule has 1 aromatic heterocycles. The lowest BCUT2D eigenvalue weighted by atomic mass is 10.2. The molecule has 0 radical (unpaired) electrons. The first kappa shape index (κ1) is 18.3. The molecule has 140 valence electrons. The fourth-order valence-electron chi connectivity index (χ4n) is 3.87. The summed E-state index contributed by atoms with van der Waals surface area (Å²) in [5.41, 5.74) is 0. The monoisotopic (exact) mass is 347 g/mol. The fourth-order valence-corrected chi connectivity index (χ4v) is 3.87. The molecule has 1 aromatic rings. The zero-order valence-electron chi connectivity index (χ0n) is 15.5. The summed E-state index contributed by atoms with van der Waals surface area (Å²) in [6, 6.07) is 4.33. The first-order valence-electron chi connectivity index (χ1n) is 9.81. The maximum atomic E-state index is 5.68. The quantitative estimate of drug-likeness (QED) is 0.428. The average Bonchev–Trinajstić information content (AvgIpc) is 3.40. The van der Waals surface area contributed by atoms with E-state index in [0.717, 1.165) is 44.3 Å². The average molecular weight is 348 g/mol. The highest BCUT2D eigenvalue weighted by atomic mass is 16.3. The lowest BCUT2D eigenvalue weighted by molar-refractivity contribution is 0.215. The van der Waals surface area contributed by atoms with E-state index in [4.69, 9.17) is 4.42 Å². The Kier molecular flexibility index (Phi) is 7.18. The van der Waals surface area contributed by atoms with Gasteiger partial charge in [-0.1, -0.05) is 0 Å². The molecule has 0 amide bonds. The van der Waals surface area contributed by atoms with Crippen molar-refractivity contribution in [1.29, 1.82) is 0 Å². The third-order valence-electron chi connectivity index (χ3n) is 5.28. The Labute approximate surface area is 151 Å². The summed E-state index contributed by atoms with van der Waals surface area (Å²) in [6.45, 7) is 7.81. The molecule has 0 saturated carbocycles. The van der Waals surface area contributed by atoms with Crippen molar-refractivity contribution in [2.24, 2.45) is 4.99 Å². The van der Waals surface area contributed by atoms with Crippen molar-refractivity contribution in [2.75, 3.05) is 52.9 Å². The summed E-state index contributed by atoms with van der Waals surface area (Å²) in [7, 11) is 1.84. The minimum atomic E-state index is 0.278. The summed E-state index contributed by atoms with van der Waals surface area (Å²) in [5, 5.41) is 6.93. The van der Waals surface area contributed by atoms with Gasteiger partial charge in [0.15, 0.2) is 5.96 Å². The first-order valence-corrected chi connectivity index (χ1v) is 9.81. The molecule has 1 unspecified atom stereocenters. The van der Waals surface area contributed by atoms with Crippen LogP contribution in [-0.2, 0) is 0 Å². The second kappa shape index (κ2) is 9.82. The van der Waals surface area contributed by atoms with Crippen LogP contribution < -0.4 is 10.6 Å². The van der Waals surface area contributed by atoms with Gasteiger partial charge >= 0.3 is 0 Å². The maximum absolute atomic E-state index is 5.68. The molecule has 0 bridgehead atoms. The van der Waals surface area contributed by atoms with Crippen LogP contribution in [0.2, 0.25) is 0 Å². The van der Waals surface area contributed by atoms with Crippen LogP contribution in [0.5, 0.6) is 0 Å². The second-order valence-corrected chi connectivity index (χ2v) is 7.06. The van der Waals surface area contributed by atoms with Crippen LogP contribution in [-0.4, -0.2) is 68.6 Å². The lowest BCUT2D eigenvalue weighted by Crippen LogP contribution is -2.43. The van der Waals surface area contributed by atoms with Crippen molar-refractivity contribution in [3.05, 3.63) is 24.2 Å². The normalized spacial score (nSPS) is 20.9. The number of rotatable bonds is 8. The Balaban J connectivity index is 1.42. The third-order valence-corrected chi connectivity index (χ3v) is 5.28. The van der Waals surface area contributed by atoms with Crippen molar-refractivity contribution < 1.29 is 4.42 Å². The molecule has 2 aliphatic rings. The van der Waals surface area contributed by atoms with Crippen LogP contribution >= 0.6 is 0 Å². The van der Waals surface area contributed by atoms with E-state index in [1.54, 1.807) is 6.26 Å². The number of hydrogen-bond acceptors (Lipinski definition) is 4.